The maximum absolute atomic E-state index is 9.38. The van der Waals surface area contributed by atoms with Gasteiger partial charge in [0.15, 0.2) is 0 Å². The Morgan fingerprint density at radius 1 is 0.783 bits per heavy atom. The van der Waals surface area contributed by atoms with Gasteiger partial charge in [0, 0.05) is 13.8 Å². The van der Waals surface area contributed by atoms with E-state index in [1.54, 1.807) is 24.3 Å². The molecule has 0 aromatic heterocycles. The number of hydrogen-bond acceptors (Lipinski definition) is 4. The Morgan fingerprint density at radius 3 is 1.39 bits per heavy atom. The Kier molecular flexibility index (Phi) is 6.14. The molecule has 0 spiro atoms. The van der Waals surface area contributed by atoms with Crippen molar-refractivity contribution in [2.45, 2.75) is 20.3 Å². The standard InChI is InChI=1S/C13H10O2.2C2H4O2/c14-10-1-3-12-8(6-10)5-9-7-11(15)2-4-13(9)12;2*1-2(3)4/h1-4,6-7,14-15H,5H2;2*1H3,(H,3,4). The fourth-order valence-electron chi connectivity index (χ4n) is 2.18. The first-order valence-corrected chi connectivity index (χ1v) is 6.74. The van der Waals surface area contributed by atoms with Gasteiger partial charge in [-0.2, -0.15) is 0 Å². The topological polar surface area (TPSA) is 115 Å². The summed E-state index contributed by atoms with van der Waals surface area (Å²) >= 11 is 0. The Balaban J connectivity index is 0.000000281. The number of phenolic OH excluding ortho intramolecular Hbond substituents is 2. The summed E-state index contributed by atoms with van der Waals surface area (Å²) in [6, 6.07) is 10.8. The monoisotopic (exact) mass is 318 g/mol. The SMILES string of the molecule is CC(=O)O.CC(=O)O.Oc1ccc2c(c1)Cc1cc(O)ccc1-2. The zero-order chi connectivity index (χ0) is 17.6. The number of phenols is 2. The van der Waals surface area contributed by atoms with Gasteiger partial charge in [0.05, 0.1) is 0 Å². The number of rotatable bonds is 0. The van der Waals surface area contributed by atoms with Gasteiger partial charge in [0.25, 0.3) is 11.9 Å². The highest BCUT2D eigenvalue weighted by Crippen LogP contribution is 2.39. The number of aromatic hydroxyl groups is 2. The van der Waals surface area contributed by atoms with Crippen molar-refractivity contribution in [3.8, 4) is 22.6 Å². The lowest BCUT2D eigenvalue weighted by molar-refractivity contribution is -0.135. The molecule has 4 N–H and O–H groups in total. The van der Waals surface area contributed by atoms with Crippen LogP contribution in [0.3, 0.4) is 0 Å². The second kappa shape index (κ2) is 7.84. The summed E-state index contributed by atoms with van der Waals surface area (Å²) < 4.78 is 0. The van der Waals surface area contributed by atoms with Crippen LogP contribution in [-0.2, 0) is 16.0 Å². The molecule has 0 saturated carbocycles. The number of carboxylic acids is 2. The van der Waals surface area contributed by atoms with Crippen molar-refractivity contribution in [3.05, 3.63) is 47.5 Å². The number of aliphatic carboxylic acids is 2. The van der Waals surface area contributed by atoms with Gasteiger partial charge in [-0.25, -0.2) is 0 Å². The molecule has 2 aromatic carbocycles. The van der Waals surface area contributed by atoms with Crippen LogP contribution in [0.1, 0.15) is 25.0 Å². The molecule has 0 unspecified atom stereocenters. The Bertz CT molecular complexity index is 652. The normalized spacial score (nSPS) is 10.2. The number of carbonyl (C=O) groups is 2. The molecule has 122 valence electrons. The molecule has 0 heterocycles. The minimum absolute atomic E-state index is 0.297. The molecule has 0 fully saturated rings. The van der Waals surface area contributed by atoms with Crippen LogP contribution in [-0.4, -0.2) is 32.4 Å². The fraction of sp³-hybridized carbons (Fsp3) is 0.176. The minimum atomic E-state index is -0.833. The van der Waals surface area contributed by atoms with E-state index in [1.165, 1.54) is 0 Å². The lowest BCUT2D eigenvalue weighted by Gasteiger charge is -2.01. The van der Waals surface area contributed by atoms with E-state index in [4.69, 9.17) is 19.8 Å². The van der Waals surface area contributed by atoms with Crippen LogP contribution in [0.15, 0.2) is 36.4 Å². The first-order valence-electron chi connectivity index (χ1n) is 6.74. The van der Waals surface area contributed by atoms with Gasteiger partial charge < -0.3 is 20.4 Å². The third-order valence-corrected chi connectivity index (χ3v) is 2.85. The molecule has 23 heavy (non-hydrogen) atoms. The molecule has 3 rings (SSSR count). The zero-order valence-electron chi connectivity index (χ0n) is 12.8. The third kappa shape index (κ3) is 5.70. The summed E-state index contributed by atoms with van der Waals surface area (Å²) in [5.74, 6) is -1.07. The predicted octanol–water partition coefficient (Wildman–Crippen LogP) is 2.85. The highest BCUT2D eigenvalue weighted by atomic mass is 16.4. The van der Waals surface area contributed by atoms with Crippen LogP contribution < -0.4 is 0 Å². The lowest BCUT2D eigenvalue weighted by Crippen LogP contribution is -1.79. The molecule has 0 saturated heterocycles. The fourth-order valence-corrected chi connectivity index (χ4v) is 2.18. The van der Waals surface area contributed by atoms with E-state index in [0.29, 0.717) is 11.5 Å². The number of carboxylic acid groups (broad SMARTS) is 2. The van der Waals surface area contributed by atoms with E-state index in [9.17, 15) is 10.2 Å². The van der Waals surface area contributed by atoms with Crippen molar-refractivity contribution in [3.63, 3.8) is 0 Å². The maximum Gasteiger partial charge on any atom is 0.300 e. The highest BCUT2D eigenvalue weighted by molar-refractivity contribution is 5.78. The van der Waals surface area contributed by atoms with Crippen molar-refractivity contribution < 1.29 is 30.0 Å². The number of benzene rings is 2. The van der Waals surface area contributed by atoms with Gasteiger partial charge in [-0.05, 0) is 52.9 Å². The first kappa shape index (κ1) is 18.0. The summed E-state index contributed by atoms with van der Waals surface area (Å²) in [7, 11) is 0. The van der Waals surface area contributed by atoms with Crippen LogP contribution in [0.4, 0.5) is 0 Å². The second-order valence-corrected chi connectivity index (χ2v) is 4.90. The third-order valence-electron chi connectivity index (χ3n) is 2.85. The number of fused-ring (bicyclic) bond motifs is 3. The summed E-state index contributed by atoms with van der Waals surface area (Å²) in [5, 5.41) is 33.6. The zero-order valence-corrected chi connectivity index (χ0v) is 12.8. The van der Waals surface area contributed by atoms with E-state index in [0.717, 1.165) is 42.5 Å². The molecule has 6 heteroatoms. The summed E-state index contributed by atoms with van der Waals surface area (Å²) in [5.41, 5.74) is 4.55. The second-order valence-electron chi connectivity index (χ2n) is 4.90. The Labute approximate surface area is 133 Å². The molecule has 0 atom stereocenters. The van der Waals surface area contributed by atoms with Gasteiger partial charge in [-0.1, -0.05) is 12.1 Å². The predicted molar refractivity (Wildman–Crippen MR) is 84.6 cm³/mol. The molecule has 0 bridgehead atoms. The van der Waals surface area contributed by atoms with E-state index in [2.05, 4.69) is 0 Å². The van der Waals surface area contributed by atoms with E-state index >= 15 is 0 Å². The molecule has 6 nitrogen and oxygen atoms in total. The summed E-state index contributed by atoms with van der Waals surface area (Å²) in [4.78, 5) is 18.0. The average molecular weight is 318 g/mol. The Hall–Kier alpha value is -3.02. The van der Waals surface area contributed by atoms with E-state index in [1.807, 2.05) is 12.1 Å². The van der Waals surface area contributed by atoms with Gasteiger partial charge >= 0.3 is 0 Å². The van der Waals surface area contributed by atoms with E-state index < -0.39 is 11.9 Å². The number of hydrogen-bond donors (Lipinski definition) is 4. The minimum Gasteiger partial charge on any atom is -0.508 e. The van der Waals surface area contributed by atoms with Crippen LogP contribution in [0.2, 0.25) is 0 Å². The van der Waals surface area contributed by atoms with Crippen molar-refractivity contribution in [1.82, 2.24) is 0 Å². The summed E-state index contributed by atoms with van der Waals surface area (Å²) in [6.07, 6.45) is 0.785. The quantitative estimate of drug-likeness (QED) is 0.506. The van der Waals surface area contributed by atoms with Gasteiger partial charge in [-0.3, -0.25) is 9.59 Å². The van der Waals surface area contributed by atoms with Crippen molar-refractivity contribution in [2.75, 3.05) is 0 Å². The van der Waals surface area contributed by atoms with Crippen LogP contribution in [0.25, 0.3) is 11.1 Å². The molecule has 0 radical (unpaired) electrons. The van der Waals surface area contributed by atoms with Gasteiger partial charge in [0.1, 0.15) is 11.5 Å². The molecular weight excluding hydrogens is 300 g/mol. The maximum atomic E-state index is 9.38. The van der Waals surface area contributed by atoms with Crippen molar-refractivity contribution >= 4 is 11.9 Å². The first-order chi connectivity index (χ1) is 10.7. The van der Waals surface area contributed by atoms with Crippen molar-refractivity contribution in [1.29, 1.82) is 0 Å². The molecule has 2 aromatic rings. The molecular formula is C17H18O6. The van der Waals surface area contributed by atoms with Crippen LogP contribution >= 0.6 is 0 Å². The van der Waals surface area contributed by atoms with Crippen LogP contribution in [0, 0.1) is 0 Å². The van der Waals surface area contributed by atoms with E-state index in [-0.39, 0.29) is 0 Å². The molecule has 0 aliphatic heterocycles. The van der Waals surface area contributed by atoms with Crippen molar-refractivity contribution in [2.24, 2.45) is 0 Å². The molecule has 1 aliphatic carbocycles. The Morgan fingerprint density at radius 2 is 1.09 bits per heavy atom. The smallest absolute Gasteiger partial charge is 0.300 e. The molecule has 0 amide bonds. The lowest BCUT2D eigenvalue weighted by atomic mass is 10.1. The largest absolute Gasteiger partial charge is 0.508 e. The van der Waals surface area contributed by atoms with Gasteiger partial charge in [-0.15, -0.1) is 0 Å². The molecule has 1 aliphatic rings. The van der Waals surface area contributed by atoms with Crippen LogP contribution in [0.5, 0.6) is 11.5 Å². The van der Waals surface area contributed by atoms with Gasteiger partial charge in [0.2, 0.25) is 0 Å². The summed E-state index contributed by atoms with van der Waals surface area (Å²) in [6.45, 7) is 2.17. The average Bonchev–Trinajstić information content (AvgIpc) is 2.73. The highest BCUT2D eigenvalue weighted by Gasteiger charge is 2.18.